The number of nitriles is 1. The van der Waals surface area contributed by atoms with Crippen LogP contribution < -0.4 is 5.43 Å². The quantitative estimate of drug-likeness (QED) is 0.571. The lowest BCUT2D eigenvalue weighted by Crippen LogP contribution is -2.09. The van der Waals surface area contributed by atoms with E-state index < -0.39 is 0 Å². The highest BCUT2D eigenvalue weighted by atomic mass is 35.5. The van der Waals surface area contributed by atoms with Crippen LogP contribution in [0.15, 0.2) is 47.6 Å². The minimum absolute atomic E-state index is 0.153. The lowest BCUT2D eigenvalue weighted by Gasteiger charge is -2.05. The number of para-hydroxylation sites is 2. The van der Waals surface area contributed by atoms with E-state index in [1.165, 1.54) is 0 Å². The van der Waals surface area contributed by atoms with Gasteiger partial charge < -0.3 is 4.57 Å². The molecule has 114 valence electrons. The van der Waals surface area contributed by atoms with Crippen molar-refractivity contribution in [3.8, 4) is 6.07 Å². The predicted octanol–water partition coefficient (Wildman–Crippen LogP) is 4.22. The molecule has 0 atom stereocenters. The summed E-state index contributed by atoms with van der Waals surface area (Å²) in [5.41, 5.74) is 5.16. The van der Waals surface area contributed by atoms with E-state index >= 15 is 0 Å². The van der Waals surface area contributed by atoms with E-state index in [4.69, 9.17) is 23.2 Å². The van der Waals surface area contributed by atoms with Crippen LogP contribution in [0, 0.1) is 11.3 Å². The van der Waals surface area contributed by atoms with E-state index in [-0.39, 0.29) is 5.71 Å². The van der Waals surface area contributed by atoms with Crippen LogP contribution in [0.3, 0.4) is 0 Å². The summed E-state index contributed by atoms with van der Waals surface area (Å²) in [7, 11) is 1.84. The zero-order chi connectivity index (χ0) is 16.4. The molecule has 3 aromatic rings. The Morgan fingerprint density at radius 1 is 1.26 bits per heavy atom. The summed E-state index contributed by atoms with van der Waals surface area (Å²) in [5.74, 6) is 0.472. The molecule has 0 fully saturated rings. The van der Waals surface area contributed by atoms with Crippen LogP contribution in [0.5, 0.6) is 0 Å². The molecule has 1 heterocycles. The standard InChI is InChI=1S/C16H11Cl2N5/c1-23-15-5-3-2-4-12(15)20-16(23)14(9-19)22-21-13-8-10(17)6-7-11(13)18/h2-8,21H,1H3/b22-14+. The molecule has 0 aliphatic heterocycles. The third-order valence-electron chi connectivity index (χ3n) is 3.32. The van der Waals surface area contributed by atoms with Crippen molar-refractivity contribution in [1.82, 2.24) is 9.55 Å². The number of fused-ring (bicyclic) bond motifs is 1. The number of imidazole rings is 1. The number of aryl methyl sites for hydroxylation is 1. The van der Waals surface area contributed by atoms with Crippen molar-refractivity contribution in [2.24, 2.45) is 12.1 Å². The first-order valence-electron chi connectivity index (χ1n) is 6.71. The first kappa shape index (κ1) is 15.3. The monoisotopic (exact) mass is 343 g/mol. The predicted molar refractivity (Wildman–Crippen MR) is 92.9 cm³/mol. The van der Waals surface area contributed by atoms with E-state index in [1.54, 1.807) is 18.2 Å². The fraction of sp³-hybridized carbons (Fsp3) is 0.0625. The maximum Gasteiger partial charge on any atom is 0.203 e. The Labute approximate surface area is 142 Å². The fourth-order valence-electron chi connectivity index (χ4n) is 2.18. The van der Waals surface area contributed by atoms with Crippen LogP contribution in [-0.2, 0) is 7.05 Å². The maximum absolute atomic E-state index is 9.40. The zero-order valence-corrected chi connectivity index (χ0v) is 13.6. The van der Waals surface area contributed by atoms with Crippen molar-refractivity contribution in [2.45, 2.75) is 0 Å². The first-order valence-corrected chi connectivity index (χ1v) is 7.46. The molecular weight excluding hydrogens is 333 g/mol. The second kappa shape index (κ2) is 6.29. The highest BCUT2D eigenvalue weighted by molar-refractivity contribution is 6.35. The van der Waals surface area contributed by atoms with Crippen molar-refractivity contribution >= 4 is 45.6 Å². The molecule has 0 saturated heterocycles. The molecule has 3 rings (SSSR count). The van der Waals surface area contributed by atoms with E-state index in [1.807, 2.05) is 35.9 Å². The van der Waals surface area contributed by atoms with Gasteiger partial charge in [-0.05, 0) is 30.3 Å². The number of benzene rings is 2. The Morgan fingerprint density at radius 3 is 2.78 bits per heavy atom. The SMILES string of the molecule is Cn1c(/C(C#N)=N/Nc2cc(Cl)ccc2Cl)nc2ccccc21. The lowest BCUT2D eigenvalue weighted by atomic mass is 10.3. The van der Waals surface area contributed by atoms with Crippen molar-refractivity contribution in [3.05, 3.63) is 58.3 Å². The molecule has 0 amide bonds. The van der Waals surface area contributed by atoms with E-state index in [2.05, 4.69) is 21.6 Å². The fourth-order valence-corrected chi connectivity index (χ4v) is 2.51. The molecule has 7 heteroatoms. The van der Waals surface area contributed by atoms with E-state index in [9.17, 15) is 5.26 Å². The molecule has 0 unspecified atom stereocenters. The van der Waals surface area contributed by atoms with Gasteiger partial charge in [0.05, 0.1) is 21.7 Å². The number of nitrogens with one attached hydrogen (secondary N) is 1. The Hall–Kier alpha value is -2.55. The van der Waals surface area contributed by atoms with E-state index in [0.29, 0.717) is 21.6 Å². The van der Waals surface area contributed by atoms with Gasteiger partial charge in [-0.1, -0.05) is 35.3 Å². The second-order valence-electron chi connectivity index (χ2n) is 4.79. The molecule has 0 aliphatic carbocycles. The number of anilines is 1. The normalized spacial score (nSPS) is 11.5. The van der Waals surface area contributed by atoms with Gasteiger partial charge in [0, 0.05) is 12.1 Å². The van der Waals surface area contributed by atoms with Gasteiger partial charge in [-0.25, -0.2) is 4.98 Å². The van der Waals surface area contributed by atoms with Crippen LogP contribution in [0.4, 0.5) is 5.69 Å². The summed E-state index contributed by atoms with van der Waals surface area (Å²) in [6, 6.07) is 14.6. The molecule has 5 nitrogen and oxygen atoms in total. The number of halogens is 2. The minimum Gasteiger partial charge on any atom is -0.325 e. The van der Waals surface area contributed by atoms with Gasteiger partial charge >= 0.3 is 0 Å². The van der Waals surface area contributed by atoms with Crippen molar-refractivity contribution in [3.63, 3.8) is 0 Å². The Balaban J connectivity index is 2.00. The van der Waals surface area contributed by atoms with Crippen molar-refractivity contribution < 1.29 is 0 Å². The van der Waals surface area contributed by atoms with Crippen molar-refractivity contribution in [2.75, 3.05) is 5.43 Å². The Morgan fingerprint density at radius 2 is 2.04 bits per heavy atom. The van der Waals surface area contributed by atoms with Crippen LogP contribution in [0.1, 0.15) is 5.82 Å². The lowest BCUT2D eigenvalue weighted by molar-refractivity contribution is 0.930. The molecule has 0 bridgehead atoms. The van der Waals surface area contributed by atoms with Gasteiger partial charge in [0.1, 0.15) is 6.07 Å². The van der Waals surface area contributed by atoms with Gasteiger partial charge in [-0.3, -0.25) is 5.43 Å². The number of aromatic nitrogens is 2. The van der Waals surface area contributed by atoms with Crippen LogP contribution in [0.2, 0.25) is 10.0 Å². The highest BCUT2D eigenvalue weighted by Gasteiger charge is 2.13. The largest absolute Gasteiger partial charge is 0.325 e. The molecule has 0 aliphatic rings. The summed E-state index contributed by atoms with van der Waals surface area (Å²) in [6.45, 7) is 0. The summed E-state index contributed by atoms with van der Waals surface area (Å²) in [5, 5.41) is 14.5. The maximum atomic E-state index is 9.40. The Kier molecular flexibility index (Phi) is 4.20. The number of hydrogen-bond donors (Lipinski definition) is 1. The molecule has 1 N–H and O–H groups in total. The van der Waals surface area contributed by atoms with Crippen LogP contribution in [-0.4, -0.2) is 15.3 Å². The van der Waals surface area contributed by atoms with Crippen LogP contribution in [0.25, 0.3) is 11.0 Å². The van der Waals surface area contributed by atoms with Gasteiger partial charge in [0.2, 0.25) is 5.71 Å². The molecule has 0 saturated carbocycles. The van der Waals surface area contributed by atoms with Gasteiger partial charge in [0.25, 0.3) is 0 Å². The van der Waals surface area contributed by atoms with Gasteiger partial charge in [-0.15, -0.1) is 0 Å². The van der Waals surface area contributed by atoms with Gasteiger partial charge in [0.15, 0.2) is 5.82 Å². The van der Waals surface area contributed by atoms with Crippen LogP contribution >= 0.6 is 23.2 Å². The third kappa shape index (κ3) is 3.00. The number of hydrogen-bond acceptors (Lipinski definition) is 4. The zero-order valence-electron chi connectivity index (χ0n) is 12.1. The molecule has 0 spiro atoms. The molecule has 0 radical (unpaired) electrons. The molecular formula is C16H11Cl2N5. The summed E-state index contributed by atoms with van der Waals surface area (Å²) >= 11 is 12.0. The average Bonchev–Trinajstić information content (AvgIpc) is 2.89. The summed E-state index contributed by atoms with van der Waals surface area (Å²) in [6.07, 6.45) is 0. The first-order chi connectivity index (χ1) is 11.1. The number of rotatable bonds is 3. The van der Waals surface area contributed by atoms with E-state index in [0.717, 1.165) is 11.0 Å². The smallest absolute Gasteiger partial charge is 0.203 e. The number of nitrogens with zero attached hydrogens (tertiary/aromatic N) is 4. The summed E-state index contributed by atoms with van der Waals surface area (Å²) < 4.78 is 1.82. The highest BCUT2D eigenvalue weighted by Crippen LogP contribution is 2.25. The second-order valence-corrected chi connectivity index (χ2v) is 5.63. The summed E-state index contributed by atoms with van der Waals surface area (Å²) in [4.78, 5) is 4.45. The minimum atomic E-state index is 0.153. The molecule has 23 heavy (non-hydrogen) atoms. The van der Waals surface area contributed by atoms with Gasteiger partial charge in [-0.2, -0.15) is 10.4 Å². The third-order valence-corrected chi connectivity index (χ3v) is 3.89. The topological polar surface area (TPSA) is 66.0 Å². The average molecular weight is 344 g/mol. The number of hydrazone groups is 1. The molecule has 1 aromatic heterocycles. The molecule has 2 aromatic carbocycles. The van der Waals surface area contributed by atoms with Crippen molar-refractivity contribution in [1.29, 1.82) is 5.26 Å². The Bertz CT molecular complexity index is 953.